The molecular weight excluding hydrogens is 609 g/mol. The average molecular weight is 637 g/mol. The highest BCUT2D eigenvalue weighted by Gasteiger charge is 2.23. The minimum Gasteiger partial charge on any atom is -0.309 e. The first-order chi connectivity index (χ1) is 24.8. The molecule has 0 aliphatic rings. The molecule has 0 radical (unpaired) electrons. The lowest BCUT2D eigenvalue weighted by molar-refractivity contribution is 1.10. The maximum absolute atomic E-state index is 10.7. The van der Waals surface area contributed by atoms with Crippen LogP contribution >= 0.6 is 0 Å². The molecule has 232 valence electrons. The molecule has 0 atom stereocenters. The number of benzene rings is 7. The maximum atomic E-state index is 10.7. The molecular formula is C46H28N4. The Morgan fingerprint density at radius 3 is 1.86 bits per heavy atom. The minimum absolute atomic E-state index is 0.623. The molecule has 0 amide bonds. The van der Waals surface area contributed by atoms with Crippen molar-refractivity contribution in [2.24, 2.45) is 0 Å². The van der Waals surface area contributed by atoms with Crippen molar-refractivity contribution in [1.29, 1.82) is 5.26 Å². The van der Waals surface area contributed by atoms with Gasteiger partial charge in [0, 0.05) is 38.2 Å². The van der Waals surface area contributed by atoms with Gasteiger partial charge in [0.05, 0.1) is 33.1 Å². The van der Waals surface area contributed by atoms with Gasteiger partial charge >= 0.3 is 0 Å². The third kappa shape index (κ3) is 4.08. The van der Waals surface area contributed by atoms with Gasteiger partial charge in [0.1, 0.15) is 11.9 Å². The smallest absolute Gasteiger partial charge is 0.147 e. The first-order valence-electron chi connectivity index (χ1n) is 16.8. The summed E-state index contributed by atoms with van der Waals surface area (Å²) in [6.07, 6.45) is 0. The second-order valence-corrected chi connectivity index (χ2v) is 12.7. The zero-order valence-corrected chi connectivity index (χ0v) is 27.0. The molecule has 10 aromatic rings. The molecule has 3 heterocycles. The summed E-state index contributed by atoms with van der Waals surface area (Å²) in [7, 11) is 0. The van der Waals surface area contributed by atoms with Crippen LogP contribution in [0.2, 0.25) is 0 Å². The molecule has 0 fully saturated rings. The van der Waals surface area contributed by atoms with E-state index < -0.39 is 0 Å². The number of para-hydroxylation sites is 4. The molecule has 4 nitrogen and oxygen atoms in total. The molecule has 0 N–H and O–H groups in total. The summed E-state index contributed by atoms with van der Waals surface area (Å²) in [6.45, 7) is 0. The van der Waals surface area contributed by atoms with Crippen LogP contribution in [0.25, 0.3) is 88.3 Å². The Morgan fingerprint density at radius 1 is 0.460 bits per heavy atom. The normalized spacial score (nSPS) is 11.6. The van der Waals surface area contributed by atoms with Gasteiger partial charge in [-0.1, -0.05) is 127 Å². The predicted octanol–water partition coefficient (Wildman–Crippen LogP) is 11.6. The van der Waals surface area contributed by atoms with Gasteiger partial charge < -0.3 is 4.57 Å². The summed E-state index contributed by atoms with van der Waals surface area (Å²) < 4.78 is 4.62. The van der Waals surface area contributed by atoms with E-state index >= 15 is 0 Å². The first-order valence-corrected chi connectivity index (χ1v) is 16.8. The molecule has 0 unspecified atom stereocenters. The molecule has 10 rings (SSSR count). The van der Waals surface area contributed by atoms with Crippen molar-refractivity contribution in [2.45, 2.75) is 0 Å². The first kappa shape index (κ1) is 28.1. The van der Waals surface area contributed by atoms with E-state index in [2.05, 4.69) is 143 Å². The highest BCUT2D eigenvalue weighted by atomic mass is 15.1. The molecule has 0 aliphatic carbocycles. The minimum atomic E-state index is 0.623. The van der Waals surface area contributed by atoms with Crippen molar-refractivity contribution < 1.29 is 0 Å². The lowest BCUT2D eigenvalue weighted by Gasteiger charge is -2.17. The third-order valence-corrected chi connectivity index (χ3v) is 9.96. The largest absolute Gasteiger partial charge is 0.309 e. The van der Waals surface area contributed by atoms with E-state index in [0.717, 1.165) is 66.4 Å². The Morgan fingerprint density at radius 2 is 1.08 bits per heavy atom. The van der Waals surface area contributed by atoms with Gasteiger partial charge in [-0.25, -0.2) is 4.98 Å². The number of nitrogens with zero attached hydrogens (tertiary/aromatic N) is 4. The fraction of sp³-hybridized carbons (Fsp3) is 0. The monoisotopic (exact) mass is 636 g/mol. The fourth-order valence-corrected chi connectivity index (χ4v) is 7.84. The highest BCUT2D eigenvalue weighted by Crippen LogP contribution is 2.42. The number of fused-ring (bicyclic) bond motifs is 7. The van der Waals surface area contributed by atoms with E-state index in [4.69, 9.17) is 4.98 Å². The van der Waals surface area contributed by atoms with E-state index in [1.165, 1.54) is 21.9 Å². The Bertz CT molecular complexity index is 2980. The third-order valence-electron chi connectivity index (χ3n) is 9.96. The molecule has 50 heavy (non-hydrogen) atoms. The van der Waals surface area contributed by atoms with Crippen molar-refractivity contribution in [3.05, 3.63) is 175 Å². The zero-order chi connectivity index (χ0) is 33.2. The van der Waals surface area contributed by atoms with Crippen LogP contribution in [0, 0.1) is 11.3 Å². The van der Waals surface area contributed by atoms with Crippen LogP contribution in [0.1, 0.15) is 5.56 Å². The van der Waals surface area contributed by atoms with Crippen molar-refractivity contribution in [3.63, 3.8) is 0 Å². The number of pyridine rings is 1. The number of hydrogen-bond donors (Lipinski definition) is 0. The van der Waals surface area contributed by atoms with Crippen molar-refractivity contribution in [3.8, 4) is 39.8 Å². The summed E-state index contributed by atoms with van der Waals surface area (Å²) in [4.78, 5) is 5.34. The van der Waals surface area contributed by atoms with Gasteiger partial charge in [-0.15, -0.1) is 0 Å². The topological polar surface area (TPSA) is 46.5 Å². The van der Waals surface area contributed by atoms with Crippen LogP contribution in [-0.2, 0) is 0 Å². The van der Waals surface area contributed by atoms with Crippen LogP contribution in [0.5, 0.6) is 0 Å². The quantitative estimate of drug-likeness (QED) is 0.193. The summed E-state index contributed by atoms with van der Waals surface area (Å²) in [5.41, 5.74) is 11.0. The molecule has 0 aliphatic heterocycles. The van der Waals surface area contributed by atoms with Gasteiger partial charge in [-0.3, -0.25) is 4.57 Å². The lowest BCUT2D eigenvalue weighted by atomic mass is 9.97. The molecule has 0 spiro atoms. The zero-order valence-electron chi connectivity index (χ0n) is 27.0. The summed E-state index contributed by atoms with van der Waals surface area (Å²) in [5.74, 6) is 0.744. The van der Waals surface area contributed by atoms with E-state index in [-0.39, 0.29) is 0 Å². The highest BCUT2D eigenvalue weighted by molar-refractivity contribution is 6.17. The molecule has 3 aromatic heterocycles. The van der Waals surface area contributed by atoms with Crippen molar-refractivity contribution >= 4 is 54.5 Å². The van der Waals surface area contributed by atoms with E-state index in [9.17, 15) is 5.26 Å². The maximum Gasteiger partial charge on any atom is 0.147 e. The predicted molar refractivity (Wildman–Crippen MR) is 206 cm³/mol. The molecule has 7 aromatic carbocycles. The van der Waals surface area contributed by atoms with Crippen LogP contribution < -0.4 is 0 Å². The summed E-state index contributed by atoms with van der Waals surface area (Å²) in [5, 5.41) is 16.3. The number of rotatable bonds is 4. The van der Waals surface area contributed by atoms with Crippen molar-refractivity contribution in [2.75, 3.05) is 0 Å². The number of hydrogen-bond acceptors (Lipinski definition) is 2. The second-order valence-electron chi connectivity index (χ2n) is 12.7. The SMILES string of the molecule is N#Cc1c(-c2ccccc2)c(-n2c3ccccc3c3ccc(-c4cccc5c4c4ccccc4n5-c4ccccc4)cc32)nc2ccccc12. The lowest BCUT2D eigenvalue weighted by Crippen LogP contribution is -2.04. The van der Waals surface area contributed by atoms with E-state index in [0.29, 0.717) is 5.56 Å². The van der Waals surface area contributed by atoms with Crippen LogP contribution in [0.3, 0.4) is 0 Å². The Hall–Kier alpha value is -6.96. The van der Waals surface area contributed by atoms with Crippen LogP contribution in [0.15, 0.2) is 170 Å². The number of aromatic nitrogens is 3. The van der Waals surface area contributed by atoms with Gasteiger partial charge in [-0.2, -0.15) is 5.26 Å². The summed E-state index contributed by atoms with van der Waals surface area (Å²) in [6, 6.07) is 61.8. The number of nitriles is 1. The molecule has 0 saturated heterocycles. The van der Waals surface area contributed by atoms with Crippen molar-refractivity contribution in [1.82, 2.24) is 14.1 Å². The fourth-order valence-electron chi connectivity index (χ4n) is 7.84. The Balaban J connectivity index is 1.32. The van der Waals surface area contributed by atoms with Gasteiger partial charge in [0.25, 0.3) is 0 Å². The summed E-state index contributed by atoms with van der Waals surface area (Å²) >= 11 is 0. The average Bonchev–Trinajstić information content (AvgIpc) is 3.70. The van der Waals surface area contributed by atoms with E-state index in [1.807, 2.05) is 42.5 Å². The van der Waals surface area contributed by atoms with Gasteiger partial charge in [-0.05, 0) is 59.2 Å². The molecule has 4 heteroatoms. The molecule has 0 saturated carbocycles. The van der Waals surface area contributed by atoms with Gasteiger partial charge in [0.15, 0.2) is 0 Å². The van der Waals surface area contributed by atoms with E-state index in [1.54, 1.807) is 0 Å². The second kappa shape index (κ2) is 11.1. The van der Waals surface area contributed by atoms with Crippen LogP contribution in [-0.4, -0.2) is 14.1 Å². The molecule has 0 bridgehead atoms. The Labute approximate surface area is 288 Å². The van der Waals surface area contributed by atoms with Crippen LogP contribution in [0.4, 0.5) is 0 Å². The Kier molecular flexibility index (Phi) is 6.21. The standard InChI is InChI=1S/C46H28N4/c47-29-38-34-18-7-10-22-39(34)48-46(44(38)30-14-3-1-4-15-30)50-40-23-11-8-19-35(40)36-27-26-31(28-43(36)50)33-21-13-25-42-45(33)37-20-9-12-24-41(37)49(42)32-16-5-2-6-17-32/h1-28H. The van der Waals surface area contributed by atoms with Gasteiger partial charge in [0.2, 0.25) is 0 Å².